The zero-order valence-corrected chi connectivity index (χ0v) is 10.3. The van der Waals surface area contributed by atoms with E-state index in [0.29, 0.717) is 18.7 Å². The van der Waals surface area contributed by atoms with Gasteiger partial charge < -0.3 is 15.7 Å². The zero-order chi connectivity index (χ0) is 14.0. The minimum Gasteiger partial charge on any atom is -0.481 e. The Bertz CT molecular complexity index is 519. The van der Waals surface area contributed by atoms with Crippen LogP contribution in [0, 0.1) is 5.82 Å². The van der Waals surface area contributed by atoms with Crippen molar-refractivity contribution in [2.45, 2.75) is 25.3 Å². The van der Waals surface area contributed by atoms with E-state index in [1.807, 2.05) is 0 Å². The first-order valence-corrected chi connectivity index (χ1v) is 6.06. The highest BCUT2D eigenvalue weighted by Gasteiger charge is 2.28. The Hall–Kier alpha value is -1.95. The molecule has 6 heteroatoms. The monoisotopic (exact) mass is 266 g/mol. The van der Waals surface area contributed by atoms with Gasteiger partial charge in [-0.2, -0.15) is 0 Å². The molecule has 0 radical (unpaired) electrons. The first-order valence-electron chi connectivity index (χ1n) is 6.06. The Balaban J connectivity index is 2.10. The molecular formula is C13H15FN2O3. The average Bonchev–Trinajstić information content (AvgIpc) is 2.77. The SMILES string of the molecule is NC(CCC(=O)O)C(=O)N1CCc2ccc(F)cc21. The molecule has 3 N–H and O–H groups in total. The fourth-order valence-electron chi connectivity index (χ4n) is 2.18. The molecule has 102 valence electrons. The molecule has 0 fully saturated rings. The maximum atomic E-state index is 13.2. The Labute approximate surface area is 109 Å². The number of nitrogens with two attached hydrogens (primary N) is 1. The van der Waals surface area contributed by atoms with Crippen LogP contribution in [0.15, 0.2) is 18.2 Å². The molecule has 0 saturated carbocycles. The minimum absolute atomic E-state index is 0.0787. The number of nitrogens with zero attached hydrogens (tertiary/aromatic N) is 1. The molecule has 1 atom stereocenters. The number of carbonyl (C=O) groups excluding carboxylic acids is 1. The topological polar surface area (TPSA) is 83.6 Å². The summed E-state index contributed by atoms with van der Waals surface area (Å²) in [6.07, 6.45) is 0.582. The molecule has 0 spiro atoms. The Kier molecular flexibility index (Phi) is 3.80. The first-order chi connectivity index (χ1) is 8.99. The number of carbonyl (C=O) groups is 2. The van der Waals surface area contributed by atoms with Crippen LogP contribution in [0.25, 0.3) is 0 Å². The Morgan fingerprint density at radius 3 is 2.89 bits per heavy atom. The van der Waals surface area contributed by atoms with Gasteiger partial charge in [0.2, 0.25) is 5.91 Å². The third kappa shape index (κ3) is 2.90. The summed E-state index contributed by atoms with van der Waals surface area (Å²) in [7, 11) is 0. The van der Waals surface area contributed by atoms with Crippen molar-refractivity contribution < 1.29 is 19.1 Å². The molecule has 0 bridgehead atoms. The minimum atomic E-state index is -0.990. The highest BCUT2D eigenvalue weighted by atomic mass is 19.1. The molecule has 1 heterocycles. The van der Waals surface area contributed by atoms with Crippen LogP contribution in [0.5, 0.6) is 0 Å². The maximum Gasteiger partial charge on any atom is 0.303 e. The third-order valence-corrected chi connectivity index (χ3v) is 3.20. The van der Waals surface area contributed by atoms with Gasteiger partial charge in [0, 0.05) is 18.7 Å². The van der Waals surface area contributed by atoms with Crippen LogP contribution < -0.4 is 10.6 Å². The molecule has 2 rings (SSSR count). The van der Waals surface area contributed by atoms with Crippen molar-refractivity contribution in [1.29, 1.82) is 0 Å². The summed E-state index contributed by atoms with van der Waals surface area (Å²) in [5.74, 6) is -1.75. The van der Waals surface area contributed by atoms with E-state index in [1.165, 1.54) is 17.0 Å². The fourth-order valence-corrected chi connectivity index (χ4v) is 2.18. The van der Waals surface area contributed by atoms with Gasteiger partial charge in [-0.15, -0.1) is 0 Å². The van der Waals surface area contributed by atoms with E-state index < -0.39 is 17.8 Å². The van der Waals surface area contributed by atoms with Crippen LogP contribution >= 0.6 is 0 Å². The highest BCUT2D eigenvalue weighted by Crippen LogP contribution is 2.29. The molecule has 5 nitrogen and oxygen atoms in total. The fraction of sp³-hybridized carbons (Fsp3) is 0.385. The van der Waals surface area contributed by atoms with E-state index in [9.17, 15) is 14.0 Å². The Morgan fingerprint density at radius 2 is 2.21 bits per heavy atom. The van der Waals surface area contributed by atoms with Gasteiger partial charge in [-0.3, -0.25) is 9.59 Å². The quantitative estimate of drug-likeness (QED) is 0.848. The molecule has 1 aromatic carbocycles. The molecule has 0 saturated heterocycles. The van der Waals surface area contributed by atoms with E-state index in [4.69, 9.17) is 10.8 Å². The second-order valence-electron chi connectivity index (χ2n) is 4.55. The smallest absolute Gasteiger partial charge is 0.303 e. The van der Waals surface area contributed by atoms with E-state index in [2.05, 4.69) is 0 Å². The van der Waals surface area contributed by atoms with Gasteiger partial charge in [0.25, 0.3) is 0 Å². The molecule has 1 aliphatic rings. The van der Waals surface area contributed by atoms with Crippen molar-refractivity contribution in [3.05, 3.63) is 29.6 Å². The van der Waals surface area contributed by atoms with Crippen molar-refractivity contribution >= 4 is 17.6 Å². The van der Waals surface area contributed by atoms with Crippen molar-refractivity contribution in [2.24, 2.45) is 5.73 Å². The largest absolute Gasteiger partial charge is 0.481 e. The first kappa shape index (κ1) is 13.5. The van der Waals surface area contributed by atoms with Gasteiger partial charge in [-0.25, -0.2) is 4.39 Å². The van der Waals surface area contributed by atoms with Gasteiger partial charge in [-0.1, -0.05) is 6.07 Å². The van der Waals surface area contributed by atoms with Crippen LogP contribution in [0.3, 0.4) is 0 Å². The number of benzene rings is 1. The van der Waals surface area contributed by atoms with Gasteiger partial charge in [0.1, 0.15) is 5.82 Å². The third-order valence-electron chi connectivity index (χ3n) is 3.20. The van der Waals surface area contributed by atoms with E-state index in [1.54, 1.807) is 6.07 Å². The standard InChI is InChI=1S/C13H15FN2O3/c14-9-2-1-8-5-6-16(11(8)7-9)13(19)10(15)3-4-12(17)18/h1-2,7,10H,3-6,15H2,(H,17,18). The number of hydrogen-bond donors (Lipinski definition) is 2. The van der Waals surface area contributed by atoms with Crippen LogP contribution in [-0.4, -0.2) is 29.6 Å². The number of carboxylic acids is 1. The number of anilines is 1. The van der Waals surface area contributed by atoms with Crippen LogP contribution in [0.1, 0.15) is 18.4 Å². The normalized spacial score (nSPS) is 15.2. The predicted molar refractivity (Wildman–Crippen MR) is 67.3 cm³/mol. The molecule has 0 aromatic heterocycles. The van der Waals surface area contributed by atoms with Gasteiger partial charge in [-0.05, 0) is 30.5 Å². The van der Waals surface area contributed by atoms with Crippen LogP contribution in [0.2, 0.25) is 0 Å². The van der Waals surface area contributed by atoms with Crippen LogP contribution in [0.4, 0.5) is 10.1 Å². The summed E-state index contributed by atoms with van der Waals surface area (Å²) in [5.41, 5.74) is 7.13. The molecular weight excluding hydrogens is 251 g/mol. The zero-order valence-electron chi connectivity index (χ0n) is 10.3. The molecule has 1 unspecified atom stereocenters. The van der Waals surface area contributed by atoms with Crippen molar-refractivity contribution in [3.63, 3.8) is 0 Å². The van der Waals surface area contributed by atoms with Crippen molar-refractivity contribution in [2.75, 3.05) is 11.4 Å². The van der Waals surface area contributed by atoms with Crippen molar-refractivity contribution in [3.8, 4) is 0 Å². The number of fused-ring (bicyclic) bond motifs is 1. The lowest BCUT2D eigenvalue weighted by molar-refractivity contribution is -0.137. The lowest BCUT2D eigenvalue weighted by Gasteiger charge is -2.21. The number of halogens is 1. The highest BCUT2D eigenvalue weighted by molar-refractivity contribution is 5.99. The molecule has 1 amide bonds. The Morgan fingerprint density at radius 1 is 1.47 bits per heavy atom. The van der Waals surface area contributed by atoms with E-state index in [0.717, 1.165) is 5.56 Å². The average molecular weight is 266 g/mol. The molecule has 1 aromatic rings. The number of amides is 1. The summed E-state index contributed by atoms with van der Waals surface area (Å²) in [5, 5.41) is 8.57. The van der Waals surface area contributed by atoms with Gasteiger partial charge in [0.15, 0.2) is 0 Å². The number of aliphatic carboxylic acids is 1. The second-order valence-corrected chi connectivity index (χ2v) is 4.55. The molecule has 1 aliphatic heterocycles. The molecule has 19 heavy (non-hydrogen) atoms. The van der Waals surface area contributed by atoms with Crippen molar-refractivity contribution in [1.82, 2.24) is 0 Å². The lowest BCUT2D eigenvalue weighted by atomic mass is 10.1. The number of hydrogen-bond acceptors (Lipinski definition) is 3. The summed E-state index contributed by atoms with van der Waals surface area (Å²) < 4.78 is 13.2. The lowest BCUT2D eigenvalue weighted by Crippen LogP contribution is -2.43. The summed E-state index contributed by atoms with van der Waals surface area (Å²) in [6.45, 7) is 0.457. The maximum absolute atomic E-state index is 13.2. The van der Waals surface area contributed by atoms with Gasteiger partial charge >= 0.3 is 5.97 Å². The summed E-state index contributed by atoms with van der Waals surface area (Å²) in [4.78, 5) is 24.0. The van der Waals surface area contributed by atoms with Crippen LogP contribution in [-0.2, 0) is 16.0 Å². The number of rotatable bonds is 4. The number of carboxylic acid groups (broad SMARTS) is 1. The predicted octanol–water partition coefficient (Wildman–Crippen LogP) is 0.907. The summed E-state index contributed by atoms with van der Waals surface area (Å²) >= 11 is 0. The summed E-state index contributed by atoms with van der Waals surface area (Å²) in [6, 6.07) is 3.45. The van der Waals surface area contributed by atoms with Gasteiger partial charge in [0.05, 0.1) is 6.04 Å². The molecule has 0 aliphatic carbocycles. The van der Waals surface area contributed by atoms with E-state index >= 15 is 0 Å². The second kappa shape index (κ2) is 5.36. The van der Waals surface area contributed by atoms with E-state index in [-0.39, 0.29) is 18.7 Å².